The molecule has 1 aliphatic heterocycles. The summed E-state index contributed by atoms with van der Waals surface area (Å²) in [6.45, 7) is 1.74. The molecule has 1 saturated heterocycles. The topological polar surface area (TPSA) is 94.9 Å². The van der Waals surface area contributed by atoms with Gasteiger partial charge in [0, 0.05) is 42.5 Å². The molecule has 1 aromatic carbocycles. The van der Waals surface area contributed by atoms with E-state index in [1.807, 2.05) is 0 Å². The first-order valence-corrected chi connectivity index (χ1v) is 10.4. The van der Waals surface area contributed by atoms with Gasteiger partial charge in [-0.05, 0) is 25.0 Å². The summed E-state index contributed by atoms with van der Waals surface area (Å²) in [5.74, 6) is -5.65. The van der Waals surface area contributed by atoms with Crippen LogP contribution in [0.3, 0.4) is 0 Å². The standard InChI is InChI=1S/C23H23F4NO5/c1-13-15(20(30)31)4-3-9-22(13,21(32)33)28-10-7-14(8-11-28)19(29)12-16-17(23(25,26)27)5-2-6-18(16)24/h2-6,9,13-14H,7-8,10-12H2,1H3,(H,30,31)(H,32,33). The number of hydrogen-bond donors (Lipinski definition) is 2. The van der Waals surface area contributed by atoms with Gasteiger partial charge in [-0.2, -0.15) is 13.2 Å². The predicted molar refractivity (Wildman–Crippen MR) is 109 cm³/mol. The number of carbonyl (C=O) groups is 3. The van der Waals surface area contributed by atoms with Crippen LogP contribution < -0.4 is 0 Å². The minimum absolute atomic E-state index is 0.0580. The molecule has 2 atom stereocenters. The Morgan fingerprint density at radius 3 is 2.33 bits per heavy atom. The Bertz CT molecular complexity index is 1020. The molecule has 0 amide bonds. The Kier molecular flexibility index (Phi) is 6.78. The second-order valence-corrected chi connectivity index (χ2v) is 8.31. The number of carboxylic acid groups (broad SMARTS) is 2. The van der Waals surface area contributed by atoms with Crippen LogP contribution in [-0.2, 0) is 27.0 Å². The van der Waals surface area contributed by atoms with E-state index in [0.717, 1.165) is 18.2 Å². The maximum Gasteiger partial charge on any atom is 0.416 e. The average molecular weight is 469 g/mol. The molecule has 0 radical (unpaired) electrons. The summed E-state index contributed by atoms with van der Waals surface area (Å²) < 4.78 is 53.8. The zero-order valence-corrected chi connectivity index (χ0v) is 17.7. The third-order valence-corrected chi connectivity index (χ3v) is 6.59. The molecule has 0 saturated carbocycles. The monoisotopic (exact) mass is 469 g/mol. The van der Waals surface area contributed by atoms with Gasteiger partial charge in [0.15, 0.2) is 0 Å². The van der Waals surface area contributed by atoms with Crippen molar-refractivity contribution in [2.45, 2.75) is 37.9 Å². The van der Waals surface area contributed by atoms with Crippen LogP contribution in [0.15, 0.2) is 42.0 Å². The van der Waals surface area contributed by atoms with Crippen molar-refractivity contribution in [2.24, 2.45) is 11.8 Å². The lowest BCUT2D eigenvalue weighted by Gasteiger charge is -2.46. The molecule has 1 aromatic rings. The molecule has 6 nitrogen and oxygen atoms in total. The lowest BCUT2D eigenvalue weighted by Crippen LogP contribution is -2.61. The van der Waals surface area contributed by atoms with Crippen molar-refractivity contribution in [3.05, 3.63) is 58.9 Å². The highest BCUT2D eigenvalue weighted by Crippen LogP contribution is 2.39. The molecule has 1 fully saturated rings. The maximum atomic E-state index is 14.1. The van der Waals surface area contributed by atoms with Crippen LogP contribution in [-0.4, -0.2) is 51.5 Å². The zero-order valence-electron chi connectivity index (χ0n) is 17.7. The normalized spacial score (nSPS) is 24.4. The summed E-state index contributed by atoms with van der Waals surface area (Å²) in [5.41, 5.74) is -3.56. The fourth-order valence-corrected chi connectivity index (χ4v) is 4.75. The van der Waals surface area contributed by atoms with Gasteiger partial charge < -0.3 is 10.2 Å². The smallest absolute Gasteiger partial charge is 0.416 e. The van der Waals surface area contributed by atoms with Crippen molar-refractivity contribution in [2.75, 3.05) is 13.1 Å². The van der Waals surface area contributed by atoms with Crippen molar-refractivity contribution < 1.29 is 42.2 Å². The number of benzene rings is 1. The van der Waals surface area contributed by atoms with E-state index >= 15 is 0 Å². The second kappa shape index (κ2) is 9.09. The highest BCUT2D eigenvalue weighted by atomic mass is 19.4. The number of allylic oxidation sites excluding steroid dienone is 2. The molecule has 2 aliphatic rings. The molecule has 178 valence electrons. The van der Waals surface area contributed by atoms with E-state index < -0.39 is 64.6 Å². The quantitative estimate of drug-likeness (QED) is 0.617. The van der Waals surface area contributed by atoms with E-state index in [9.17, 15) is 42.2 Å². The second-order valence-electron chi connectivity index (χ2n) is 8.31. The number of aliphatic carboxylic acids is 2. The van der Waals surface area contributed by atoms with Gasteiger partial charge in [0.25, 0.3) is 0 Å². The van der Waals surface area contributed by atoms with Crippen molar-refractivity contribution in [1.29, 1.82) is 0 Å². The van der Waals surface area contributed by atoms with E-state index in [1.165, 1.54) is 25.2 Å². The van der Waals surface area contributed by atoms with Crippen LogP contribution >= 0.6 is 0 Å². The van der Waals surface area contributed by atoms with Gasteiger partial charge in [0.1, 0.15) is 17.1 Å². The molecular formula is C23H23F4NO5. The maximum absolute atomic E-state index is 14.1. The summed E-state index contributed by atoms with van der Waals surface area (Å²) in [5, 5.41) is 19.4. The van der Waals surface area contributed by atoms with Crippen molar-refractivity contribution >= 4 is 17.7 Å². The van der Waals surface area contributed by atoms with Crippen LogP contribution in [0.2, 0.25) is 0 Å². The first kappa shape index (κ1) is 24.6. The Balaban J connectivity index is 1.76. The van der Waals surface area contributed by atoms with Gasteiger partial charge in [0.2, 0.25) is 0 Å². The Morgan fingerprint density at radius 1 is 1.15 bits per heavy atom. The third-order valence-electron chi connectivity index (χ3n) is 6.59. The number of carbonyl (C=O) groups excluding carboxylic acids is 1. The number of carboxylic acids is 2. The van der Waals surface area contributed by atoms with Crippen molar-refractivity contribution in [3.63, 3.8) is 0 Å². The number of ketones is 1. The number of alkyl halides is 3. The minimum atomic E-state index is -4.80. The molecule has 2 unspecified atom stereocenters. The molecule has 1 aliphatic carbocycles. The fourth-order valence-electron chi connectivity index (χ4n) is 4.75. The highest BCUT2D eigenvalue weighted by Gasteiger charge is 2.51. The lowest BCUT2D eigenvalue weighted by atomic mass is 9.74. The number of hydrogen-bond acceptors (Lipinski definition) is 4. The fraction of sp³-hybridized carbons (Fsp3) is 0.435. The van der Waals surface area contributed by atoms with Crippen molar-refractivity contribution in [1.82, 2.24) is 4.90 Å². The van der Waals surface area contributed by atoms with Crippen molar-refractivity contribution in [3.8, 4) is 0 Å². The average Bonchev–Trinajstić information content (AvgIpc) is 2.74. The summed E-state index contributed by atoms with van der Waals surface area (Å²) in [6, 6.07) is 2.55. The SMILES string of the molecule is CC1C(C(=O)O)=CC=CC1(C(=O)O)N1CCC(C(=O)Cc2c(F)cccc2C(F)(F)F)CC1. The number of likely N-dealkylation sites (tertiary alicyclic amines) is 1. The highest BCUT2D eigenvalue weighted by molar-refractivity contribution is 5.93. The first-order chi connectivity index (χ1) is 15.4. The van der Waals surface area contributed by atoms with E-state index in [4.69, 9.17) is 0 Å². The van der Waals surface area contributed by atoms with Crippen LogP contribution in [0.25, 0.3) is 0 Å². The lowest BCUT2D eigenvalue weighted by molar-refractivity contribution is -0.152. The Labute approximate surface area is 187 Å². The number of rotatable bonds is 6. The summed E-state index contributed by atoms with van der Waals surface area (Å²) in [7, 11) is 0. The van der Waals surface area contributed by atoms with Gasteiger partial charge in [-0.15, -0.1) is 0 Å². The largest absolute Gasteiger partial charge is 0.480 e. The Morgan fingerprint density at radius 2 is 1.79 bits per heavy atom. The van der Waals surface area contributed by atoms with Gasteiger partial charge in [0.05, 0.1) is 5.56 Å². The number of nitrogens with zero attached hydrogens (tertiary/aromatic N) is 1. The van der Waals surface area contributed by atoms with E-state index in [1.54, 1.807) is 4.90 Å². The third kappa shape index (κ3) is 4.57. The summed E-state index contributed by atoms with van der Waals surface area (Å²) in [4.78, 5) is 38.1. The Hall–Kier alpha value is -3.01. The molecule has 0 spiro atoms. The number of Topliss-reactive ketones (excluding diaryl/α,β-unsaturated/α-hetero) is 1. The summed E-state index contributed by atoms with van der Waals surface area (Å²) in [6.07, 6.45) is -1.04. The van der Waals surface area contributed by atoms with E-state index in [-0.39, 0.29) is 31.5 Å². The first-order valence-electron chi connectivity index (χ1n) is 10.4. The van der Waals surface area contributed by atoms with Gasteiger partial charge in [-0.25, -0.2) is 14.0 Å². The van der Waals surface area contributed by atoms with Gasteiger partial charge >= 0.3 is 18.1 Å². The van der Waals surface area contributed by atoms with E-state index in [2.05, 4.69) is 0 Å². The molecule has 1 heterocycles. The number of piperidine rings is 1. The molecule has 3 rings (SSSR count). The molecule has 10 heteroatoms. The van der Waals surface area contributed by atoms with Gasteiger partial charge in [-0.1, -0.05) is 31.2 Å². The van der Waals surface area contributed by atoms with Crippen LogP contribution in [0.4, 0.5) is 17.6 Å². The molecule has 0 aromatic heterocycles. The zero-order chi connectivity index (χ0) is 24.6. The molecule has 33 heavy (non-hydrogen) atoms. The van der Waals surface area contributed by atoms with Gasteiger partial charge in [-0.3, -0.25) is 9.69 Å². The van der Waals surface area contributed by atoms with Crippen LogP contribution in [0, 0.1) is 17.7 Å². The predicted octanol–water partition coefficient (Wildman–Crippen LogP) is 3.71. The number of halogens is 4. The summed E-state index contributed by atoms with van der Waals surface area (Å²) >= 11 is 0. The van der Waals surface area contributed by atoms with Crippen LogP contribution in [0.1, 0.15) is 30.9 Å². The molecular weight excluding hydrogens is 446 g/mol. The molecule has 2 N–H and O–H groups in total. The van der Waals surface area contributed by atoms with Crippen LogP contribution in [0.5, 0.6) is 0 Å². The van der Waals surface area contributed by atoms with E-state index in [0.29, 0.717) is 0 Å². The molecule has 0 bridgehead atoms. The minimum Gasteiger partial charge on any atom is -0.480 e.